The monoisotopic (exact) mass is 210 g/mol. The van der Waals surface area contributed by atoms with Crippen molar-refractivity contribution in [3.63, 3.8) is 0 Å². The lowest BCUT2D eigenvalue weighted by atomic mass is 10.1. The molecule has 5 N–H and O–H groups in total. The second-order valence-electron chi connectivity index (χ2n) is 3.57. The van der Waals surface area contributed by atoms with Crippen molar-refractivity contribution in [2.24, 2.45) is 11.8 Å². The first-order valence-corrected chi connectivity index (χ1v) is 5.03. The Labute approximate surface area is 89.7 Å². The number of nitrogens with one attached hydrogen (secondary N) is 2. The summed E-state index contributed by atoms with van der Waals surface area (Å²) in [5.74, 6) is 6.33. The topological polar surface area (TPSA) is 83.2 Å². The summed E-state index contributed by atoms with van der Waals surface area (Å²) in [6.45, 7) is 3.15. The summed E-state index contributed by atoms with van der Waals surface area (Å²) in [5.41, 5.74) is 3.46. The summed E-state index contributed by atoms with van der Waals surface area (Å²) in [7, 11) is 0. The fourth-order valence-corrected chi connectivity index (χ4v) is 1.23. The molecule has 0 bridgehead atoms. The van der Waals surface area contributed by atoms with Gasteiger partial charge in [-0.05, 0) is 18.4 Å². The Morgan fingerprint density at radius 2 is 2.40 bits per heavy atom. The van der Waals surface area contributed by atoms with Crippen LogP contribution in [0.3, 0.4) is 0 Å². The molecule has 0 aromatic carbocycles. The molecule has 5 heteroatoms. The van der Waals surface area contributed by atoms with E-state index in [-0.39, 0.29) is 6.61 Å². The van der Waals surface area contributed by atoms with Gasteiger partial charge in [-0.2, -0.15) is 0 Å². The van der Waals surface area contributed by atoms with Gasteiger partial charge < -0.3 is 15.8 Å². The smallest absolute Gasteiger partial charge is 0.141 e. The first-order valence-electron chi connectivity index (χ1n) is 5.03. The number of rotatable bonds is 6. The van der Waals surface area contributed by atoms with E-state index in [4.69, 9.17) is 10.9 Å². The molecular formula is C10H18N4O. The molecule has 0 saturated carbocycles. The second-order valence-corrected chi connectivity index (χ2v) is 3.57. The Morgan fingerprint density at radius 3 is 3.07 bits per heavy atom. The highest BCUT2D eigenvalue weighted by Crippen LogP contribution is 2.12. The SMILES string of the molecule is CC(CCO)CNc1ccnc(NN)c1. The molecule has 1 heterocycles. The Kier molecular flexibility index (Phi) is 4.86. The van der Waals surface area contributed by atoms with Crippen LogP contribution in [0.2, 0.25) is 0 Å². The average molecular weight is 210 g/mol. The van der Waals surface area contributed by atoms with Gasteiger partial charge in [-0.3, -0.25) is 0 Å². The van der Waals surface area contributed by atoms with Gasteiger partial charge in [0.15, 0.2) is 0 Å². The molecule has 0 aliphatic heterocycles. The summed E-state index contributed by atoms with van der Waals surface area (Å²) >= 11 is 0. The number of nitrogens with zero attached hydrogens (tertiary/aromatic N) is 1. The number of hydrogen-bond acceptors (Lipinski definition) is 5. The van der Waals surface area contributed by atoms with E-state index >= 15 is 0 Å². The maximum absolute atomic E-state index is 8.75. The minimum absolute atomic E-state index is 0.231. The normalized spacial score (nSPS) is 12.2. The molecule has 0 fully saturated rings. The van der Waals surface area contributed by atoms with Crippen LogP contribution in [0.5, 0.6) is 0 Å². The highest BCUT2D eigenvalue weighted by atomic mass is 16.3. The summed E-state index contributed by atoms with van der Waals surface area (Å²) in [6, 6.07) is 3.72. The summed E-state index contributed by atoms with van der Waals surface area (Å²) in [5, 5.41) is 12.0. The van der Waals surface area contributed by atoms with E-state index in [0.29, 0.717) is 11.7 Å². The number of nitrogen functional groups attached to an aromatic ring is 1. The van der Waals surface area contributed by atoms with Gasteiger partial charge in [0, 0.05) is 31.1 Å². The lowest BCUT2D eigenvalue weighted by Crippen LogP contribution is -2.13. The molecule has 1 aromatic heterocycles. The van der Waals surface area contributed by atoms with E-state index in [1.165, 1.54) is 0 Å². The van der Waals surface area contributed by atoms with E-state index in [2.05, 4.69) is 22.7 Å². The van der Waals surface area contributed by atoms with Crippen LogP contribution in [0.15, 0.2) is 18.3 Å². The number of nitrogens with two attached hydrogens (primary N) is 1. The molecule has 1 aromatic rings. The molecule has 0 radical (unpaired) electrons. The maximum atomic E-state index is 8.75. The molecule has 0 saturated heterocycles. The molecule has 1 atom stereocenters. The van der Waals surface area contributed by atoms with Crippen molar-refractivity contribution in [3.8, 4) is 0 Å². The fourth-order valence-electron chi connectivity index (χ4n) is 1.23. The number of hydrogen-bond donors (Lipinski definition) is 4. The molecule has 15 heavy (non-hydrogen) atoms. The van der Waals surface area contributed by atoms with E-state index < -0.39 is 0 Å². The molecule has 0 amide bonds. The van der Waals surface area contributed by atoms with Crippen LogP contribution in [-0.4, -0.2) is 23.2 Å². The van der Waals surface area contributed by atoms with Gasteiger partial charge in [0.1, 0.15) is 5.82 Å². The minimum Gasteiger partial charge on any atom is -0.396 e. The first kappa shape index (κ1) is 11.7. The van der Waals surface area contributed by atoms with Gasteiger partial charge >= 0.3 is 0 Å². The summed E-state index contributed by atoms with van der Waals surface area (Å²) in [6.07, 6.45) is 2.49. The standard InChI is InChI=1S/C10H18N4O/c1-8(3-5-15)7-13-9-2-4-12-10(6-9)14-11/h2,4,6,8,15H,3,5,7,11H2,1H3,(H2,12,13,14). The van der Waals surface area contributed by atoms with Gasteiger partial charge in [0.25, 0.3) is 0 Å². The number of anilines is 2. The van der Waals surface area contributed by atoms with Gasteiger partial charge in [0.2, 0.25) is 0 Å². The zero-order chi connectivity index (χ0) is 11.1. The van der Waals surface area contributed by atoms with Gasteiger partial charge in [-0.15, -0.1) is 0 Å². The van der Waals surface area contributed by atoms with Crippen molar-refractivity contribution in [2.75, 3.05) is 23.9 Å². The van der Waals surface area contributed by atoms with Crippen LogP contribution in [0.4, 0.5) is 11.5 Å². The van der Waals surface area contributed by atoms with Crippen LogP contribution in [0, 0.1) is 5.92 Å². The van der Waals surface area contributed by atoms with E-state index in [1.54, 1.807) is 6.20 Å². The highest BCUT2D eigenvalue weighted by molar-refractivity contribution is 5.51. The molecule has 0 spiro atoms. The number of hydrazine groups is 1. The number of aliphatic hydroxyl groups is 1. The highest BCUT2D eigenvalue weighted by Gasteiger charge is 2.01. The van der Waals surface area contributed by atoms with Crippen LogP contribution < -0.4 is 16.6 Å². The quantitative estimate of drug-likeness (QED) is 0.412. The lowest BCUT2D eigenvalue weighted by Gasteiger charge is -2.12. The van der Waals surface area contributed by atoms with E-state index in [9.17, 15) is 0 Å². The number of aromatic nitrogens is 1. The lowest BCUT2D eigenvalue weighted by molar-refractivity contribution is 0.266. The van der Waals surface area contributed by atoms with Crippen LogP contribution >= 0.6 is 0 Å². The molecule has 84 valence electrons. The van der Waals surface area contributed by atoms with Crippen molar-refractivity contribution >= 4 is 11.5 Å². The molecule has 1 rings (SSSR count). The Bertz CT molecular complexity index is 293. The average Bonchev–Trinajstić information content (AvgIpc) is 2.27. The molecule has 5 nitrogen and oxygen atoms in total. The van der Waals surface area contributed by atoms with Gasteiger partial charge in [-0.1, -0.05) is 6.92 Å². The van der Waals surface area contributed by atoms with Crippen LogP contribution in [-0.2, 0) is 0 Å². The number of pyridine rings is 1. The van der Waals surface area contributed by atoms with Crippen molar-refractivity contribution in [3.05, 3.63) is 18.3 Å². The predicted octanol–water partition coefficient (Wildman–Crippen LogP) is 0.798. The summed E-state index contributed by atoms with van der Waals surface area (Å²) < 4.78 is 0. The van der Waals surface area contributed by atoms with E-state index in [0.717, 1.165) is 18.7 Å². The molecule has 0 aliphatic carbocycles. The molecule has 1 unspecified atom stereocenters. The maximum Gasteiger partial charge on any atom is 0.141 e. The Morgan fingerprint density at radius 1 is 1.60 bits per heavy atom. The first-order chi connectivity index (χ1) is 7.26. The largest absolute Gasteiger partial charge is 0.396 e. The third kappa shape index (κ3) is 4.14. The van der Waals surface area contributed by atoms with Crippen molar-refractivity contribution in [1.29, 1.82) is 0 Å². The Hall–Kier alpha value is -1.33. The second kappa shape index (κ2) is 6.21. The van der Waals surface area contributed by atoms with Gasteiger partial charge in [0.05, 0.1) is 0 Å². The van der Waals surface area contributed by atoms with Gasteiger partial charge in [-0.25, -0.2) is 10.8 Å². The number of aliphatic hydroxyl groups excluding tert-OH is 1. The third-order valence-electron chi connectivity index (χ3n) is 2.18. The molecule has 0 aliphatic rings. The minimum atomic E-state index is 0.231. The van der Waals surface area contributed by atoms with Crippen molar-refractivity contribution in [2.45, 2.75) is 13.3 Å². The zero-order valence-electron chi connectivity index (χ0n) is 8.90. The van der Waals surface area contributed by atoms with Crippen molar-refractivity contribution in [1.82, 2.24) is 4.98 Å². The third-order valence-corrected chi connectivity index (χ3v) is 2.18. The zero-order valence-corrected chi connectivity index (χ0v) is 8.90. The molecular weight excluding hydrogens is 192 g/mol. The van der Waals surface area contributed by atoms with E-state index in [1.807, 2.05) is 12.1 Å². The van der Waals surface area contributed by atoms with Crippen LogP contribution in [0.25, 0.3) is 0 Å². The fraction of sp³-hybridized carbons (Fsp3) is 0.500. The van der Waals surface area contributed by atoms with Crippen LogP contribution in [0.1, 0.15) is 13.3 Å². The Balaban J connectivity index is 2.43. The van der Waals surface area contributed by atoms with Crippen molar-refractivity contribution < 1.29 is 5.11 Å². The summed E-state index contributed by atoms with van der Waals surface area (Å²) in [4.78, 5) is 4.01. The predicted molar refractivity (Wildman–Crippen MR) is 61.4 cm³/mol.